The monoisotopic (exact) mass is 276 g/mol. The first kappa shape index (κ1) is 15.4. The van der Waals surface area contributed by atoms with Crippen molar-refractivity contribution in [2.24, 2.45) is 0 Å². The van der Waals surface area contributed by atoms with E-state index in [1.165, 1.54) is 0 Å². The highest BCUT2D eigenvalue weighted by atomic mass is 32.2. The van der Waals surface area contributed by atoms with Gasteiger partial charge in [0.2, 0.25) is 0 Å². The fourth-order valence-corrected chi connectivity index (χ4v) is 3.21. The maximum Gasteiger partial charge on any atom is 0.158 e. The Balaban J connectivity index is 0.000000861. The van der Waals surface area contributed by atoms with Gasteiger partial charge in [0.25, 0.3) is 0 Å². The minimum absolute atomic E-state index is 0.0999. The Kier molecular flexibility index (Phi) is 6.30. The summed E-state index contributed by atoms with van der Waals surface area (Å²) in [6.07, 6.45) is 0. The number of rotatable bonds is 4. The van der Waals surface area contributed by atoms with Crippen LogP contribution in [0, 0.1) is 0 Å². The minimum Gasteiger partial charge on any atom is -0.228 e. The van der Waals surface area contributed by atoms with Crippen LogP contribution < -0.4 is 0 Å². The van der Waals surface area contributed by atoms with Crippen molar-refractivity contribution in [1.82, 2.24) is 0 Å². The molecule has 0 unspecified atom stereocenters. The zero-order chi connectivity index (χ0) is 14.1. The molecule has 0 amide bonds. The lowest BCUT2D eigenvalue weighted by atomic mass is 10.2. The minimum atomic E-state index is -3.09. The van der Waals surface area contributed by atoms with Crippen molar-refractivity contribution in [2.45, 2.75) is 25.4 Å². The molecule has 102 valence electrons. The van der Waals surface area contributed by atoms with Crippen LogP contribution in [0.4, 0.5) is 0 Å². The molecule has 0 aromatic heterocycles. The fourth-order valence-electron chi connectivity index (χ4n) is 1.71. The van der Waals surface area contributed by atoms with Crippen LogP contribution in [0.5, 0.6) is 0 Å². The molecule has 2 aromatic carbocycles. The van der Waals surface area contributed by atoms with Crippen LogP contribution in [0.25, 0.3) is 0 Å². The normalized spacial score (nSPS) is 10.4. The van der Waals surface area contributed by atoms with E-state index in [1.54, 1.807) is 0 Å². The van der Waals surface area contributed by atoms with Gasteiger partial charge in [0, 0.05) is 0 Å². The van der Waals surface area contributed by atoms with Crippen LogP contribution in [-0.4, -0.2) is 8.42 Å². The Hall–Kier alpha value is -1.61. The second-order valence-electron chi connectivity index (χ2n) is 4.00. The summed E-state index contributed by atoms with van der Waals surface area (Å²) in [5.74, 6) is 0.200. The standard InChI is InChI=1S/C14H14O2S.C2H6/c15-17(16,11-13-7-3-1-4-8-13)12-14-9-5-2-6-10-14;1-2/h1-10H,11-12H2;1-2H3. The fraction of sp³-hybridized carbons (Fsp3) is 0.250. The van der Waals surface area contributed by atoms with Crippen molar-refractivity contribution in [2.75, 3.05) is 0 Å². The van der Waals surface area contributed by atoms with E-state index in [0.717, 1.165) is 11.1 Å². The van der Waals surface area contributed by atoms with Crippen LogP contribution in [0.3, 0.4) is 0 Å². The predicted octanol–water partition coefficient (Wildman–Crippen LogP) is 3.83. The molecule has 0 N–H and O–H groups in total. The van der Waals surface area contributed by atoms with Gasteiger partial charge in [0.05, 0.1) is 11.5 Å². The number of sulfone groups is 1. The van der Waals surface area contributed by atoms with Crippen molar-refractivity contribution < 1.29 is 8.42 Å². The van der Waals surface area contributed by atoms with Crippen molar-refractivity contribution in [3.8, 4) is 0 Å². The first-order valence-corrected chi connectivity index (χ1v) is 8.26. The number of benzene rings is 2. The molecule has 2 aromatic rings. The molecule has 0 fully saturated rings. The molecule has 0 saturated carbocycles. The highest BCUT2D eigenvalue weighted by Gasteiger charge is 2.12. The maximum atomic E-state index is 12.0. The van der Waals surface area contributed by atoms with Gasteiger partial charge in [-0.1, -0.05) is 74.5 Å². The molecular formula is C16H20O2S. The Morgan fingerprint density at radius 2 is 1.00 bits per heavy atom. The molecule has 0 atom stereocenters. The van der Waals surface area contributed by atoms with Gasteiger partial charge in [-0.3, -0.25) is 0 Å². The quantitative estimate of drug-likeness (QED) is 0.850. The Bertz CT molecular complexity index is 513. The first-order chi connectivity index (χ1) is 9.16. The zero-order valence-electron chi connectivity index (χ0n) is 11.4. The average Bonchev–Trinajstić information content (AvgIpc) is 2.42. The van der Waals surface area contributed by atoms with Crippen molar-refractivity contribution in [3.05, 3.63) is 71.8 Å². The Morgan fingerprint density at radius 3 is 1.32 bits per heavy atom. The summed E-state index contributed by atoms with van der Waals surface area (Å²) in [6, 6.07) is 18.5. The summed E-state index contributed by atoms with van der Waals surface area (Å²) in [5, 5.41) is 0. The van der Waals surface area contributed by atoms with E-state index < -0.39 is 9.84 Å². The summed E-state index contributed by atoms with van der Waals surface area (Å²) in [4.78, 5) is 0. The Labute approximate surface area is 116 Å². The van der Waals surface area contributed by atoms with Crippen molar-refractivity contribution >= 4 is 9.84 Å². The van der Waals surface area contributed by atoms with Crippen LogP contribution in [0.1, 0.15) is 25.0 Å². The summed E-state index contributed by atoms with van der Waals surface area (Å²) < 4.78 is 23.9. The molecule has 0 saturated heterocycles. The molecule has 19 heavy (non-hydrogen) atoms. The highest BCUT2D eigenvalue weighted by Crippen LogP contribution is 2.11. The molecule has 0 aliphatic rings. The third kappa shape index (κ3) is 5.71. The van der Waals surface area contributed by atoms with Gasteiger partial charge in [0.1, 0.15) is 0 Å². The van der Waals surface area contributed by atoms with Gasteiger partial charge >= 0.3 is 0 Å². The number of hydrogen-bond donors (Lipinski definition) is 0. The summed E-state index contributed by atoms with van der Waals surface area (Å²) in [7, 11) is -3.09. The second kappa shape index (κ2) is 7.74. The van der Waals surface area contributed by atoms with Gasteiger partial charge in [-0.2, -0.15) is 0 Å². The van der Waals surface area contributed by atoms with E-state index in [4.69, 9.17) is 0 Å². The molecule has 0 aliphatic carbocycles. The number of hydrogen-bond acceptors (Lipinski definition) is 2. The van der Waals surface area contributed by atoms with Crippen LogP contribution >= 0.6 is 0 Å². The van der Waals surface area contributed by atoms with E-state index in [0.29, 0.717) is 0 Å². The van der Waals surface area contributed by atoms with Gasteiger partial charge in [-0.25, -0.2) is 8.42 Å². The molecule has 0 spiro atoms. The van der Waals surface area contributed by atoms with E-state index in [1.807, 2.05) is 74.5 Å². The molecule has 0 radical (unpaired) electrons. The SMILES string of the molecule is CC.O=S(=O)(Cc1ccccc1)Cc1ccccc1. The van der Waals surface area contributed by atoms with E-state index in [2.05, 4.69) is 0 Å². The van der Waals surface area contributed by atoms with Crippen LogP contribution in [0.2, 0.25) is 0 Å². The lowest BCUT2D eigenvalue weighted by molar-refractivity contribution is 0.594. The molecule has 0 bridgehead atoms. The van der Waals surface area contributed by atoms with Gasteiger partial charge in [-0.15, -0.1) is 0 Å². The van der Waals surface area contributed by atoms with Gasteiger partial charge in [0.15, 0.2) is 9.84 Å². The first-order valence-electron chi connectivity index (χ1n) is 6.44. The maximum absolute atomic E-state index is 12.0. The lowest BCUT2D eigenvalue weighted by Gasteiger charge is -2.04. The third-order valence-corrected chi connectivity index (χ3v) is 4.01. The molecule has 0 aliphatic heterocycles. The van der Waals surface area contributed by atoms with Gasteiger partial charge < -0.3 is 0 Å². The van der Waals surface area contributed by atoms with Crippen LogP contribution in [0.15, 0.2) is 60.7 Å². The van der Waals surface area contributed by atoms with Crippen molar-refractivity contribution in [1.29, 1.82) is 0 Å². The van der Waals surface area contributed by atoms with Crippen LogP contribution in [-0.2, 0) is 21.3 Å². The third-order valence-electron chi connectivity index (χ3n) is 2.46. The van der Waals surface area contributed by atoms with Crippen molar-refractivity contribution in [3.63, 3.8) is 0 Å². The molecule has 0 heterocycles. The second-order valence-corrected chi connectivity index (χ2v) is 6.07. The smallest absolute Gasteiger partial charge is 0.158 e. The topological polar surface area (TPSA) is 34.1 Å². The highest BCUT2D eigenvalue weighted by molar-refractivity contribution is 7.89. The summed E-state index contributed by atoms with van der Waals surface area (Å²) in [6.45, 7) is 4.00. The molecule has 2 rings (SSSR count). The molecule has 2 nitrogen and oxygen atoms in total. The lowest BCUT2D eigenvalue weighted by Crippen LogP contribution is -2.07. The van der Waals surface area contributed by atoms with Gasteiger partial charge in [-0.05, 0) is 11.1 Å². The Morgan fingerprint density at radius 1 is 0.684 bits per heavy atom. The van der Waals surface area contributed by atoms with E-state index >= 15 is 0 Å². The summed E-state index contributed by atoms with van der Waals surface area (Å²) >= 11 is 0. The predicted molar refractivity (Wildman–Crippen MR) is 80.6 cm³/mol. The largest absolute Gasteiger partial charge is 0.228 e. The van der Waals surface area contributed by atoms with E-state index in [9.17, 15) is 8.42 Å². The molecular weight excluding hydrogens is 256 g/mol. The average molecular weight is 276 g/mol. The summed E-state index contributed by atoms with van der Waals surface area (Å²) in [5.41, 5.74) is 1.67. The molecule has 3 heteroatoms. The van der Waals surface area contributed by atoms with E-state index in [-0.39, 0.29) is 11.5 Å². The zero-order valence-corrected chi connectivity index (χ0v) is 12.2.